The Bertz CT molecular complexity index is 1040. The fraction of sp³-hybridized carbons (Fsp3) is 0.200. The molecule has 0 radical (unpaired) electrons. The number of esters is 1. The molecule has 3 aromatic rings. The summed E-state index contributed by atoms with van der Waals surface area (Å²) in [6.45, 7) is 1.74. The van der Waals surface area contributed by atoms with Crippen molar-refractivity contribution in [3.8, 4) is 0 Å². The van der Waals surface area contributed by atoms with E-state index in [1.165, 1.54) is 17.1 Å². The number of aryl methyl sites for hydroxylation is 1. The average molecular weight is 408 g/mol. The minimum absolute atomic E-state index is 0.113. The second-order valence-electron chi connectivity index (χ2n) is 6.38. The highest BCUT2D eigenvalue weighted by Gasteiger charge is 2.16. The van der Waals surface area contributed by atoms with Gasteiger partial charge in [-0.15, -0.1) is 5.10 Å². The molecule has 2 aromatic carbocycles. The molecule has 2 N–H and O–H groups in total. The Labute approximate surface area is 172 Å². The zero-order valence-corrected chi connectivity index (χ0v) is 16.2. The molecule has 10 nitrogen and oxygen atoms in total. The summed E-state index contributed by atoms with van der Waals surface area (Å²) >= 11 is 0. The number of benzene rings is 2. The van der Waals surface area contributed by atoms with Gasteiger partial charge < -0.3 is 15.4 Å². The molecule has 0 aliphatic heterocycles. The van der Waals surface area contributed by atoms with Crippen molar-refractivity contribution in [2.24, 2.45) is 0 Å². The van der Waals surface area contributed by atoms with Crippen LogP contribution in [0.5, 0.6) is 0 Å². The lowest BCUT2D eigenvalue weighted by atomic mass is 10.1. The molecule has 3 rings (SSSR count). The summed E-state index contributed by atoms with van der Waals surface area (Å²) < 4.78 is 6.34. The Morgan fingerprint density at radius 3 is 2.57 bits per heavy atom. The van der Waals surface area contributed by atoms with E-state index in [-0.39, 0.29) is 17.8 Å². The smallest absolute Gasteiger partial charge is 0.340 e. The number of nitrogens with one attached hydrogen (secondary N) is 2. The maximum Gasteiger partial charge on any atom is 0.340 e. The van der Waals surface area contributed by atoms with E-state index in [9.17, 15) is 14.4 Å². The van der Waals surface area contributed by atoms with Crippen LogP contribution in [0.15, 0.2) is 54.9 Å². The van der Waals surface area contributed by atoms with Crippen LogP contribution in [-0.4, -0.2) is 44.6 Å². The highest BCUT2D eigenvalue weighted by molar-refractivity contribution is 6.01. The second-order valence-corrected chi connectivity index (χ2v) is 6.38. The van der Waals surface area contributed by atoms with E-state index in [1.54, 1.807) is 18.2 Å². The van der Waals surface area contributed by atoms with Gasteiger partial charge in [-0.05, 0) is 40.6 Å². The quantitative estimate of drug-likeness (QED) is 0.534. The molecule has 0 saturated carbocycles. The molecule has 1 heterocycles. The first-order valence-corrected chi connectivity index (χ1v) is 9.11. The van der Waals surface area contributed by atoms with Gasteiger partial charge in [-0.2, -0.15) is 0 Å². The van der Waals surface area contributed by atoms with E-state index in [4.69, 9.17) is 4.74 Å². The summed E-state index contributed by atoms with van der Waals surface area (Å²) in [5.41, 5.74) is 2.43. The molecule has 10 heteroatoms. The predicted molar refractivity (Wildman–Crippen MR) is 106 cm³/mol. The standard InChI is InChI=1S/C20H20N6O4/c1-14-6-2-3-7-15(14)10-21-19(28)12-30-20(29)16-8-4-5-9-17(16)23-18(27)11-26-13-22-24-25-26/h2-9,13H,10-12H2,1H3,(H,21,28)(H,23,27). The molecule has 0 spiro atoms. The summed E-state index contributed by atoms with van der Waals surface area (Å²) in [4.78, 5) is 36.6. The molecule has 1 aromatic heterocycles. The van der Waals surface area contributed by atoms with Crippen molar-refractivity contribution in [3.63, 3.8) is 0 Å². The number of carbonyl (C=O) groups is 3. The number of nitrogens with zero attached hydrogens (tertiary/aromatic N) is 4. The Morgan fingerprint density at radius 2 is 1.80 bits per heavy atom. The van der Waals surface area contributed by atoms with Crippen LogP contribution < -0.4 is 10.6 Å². The Morgan fingerprint density at radius 1 is 1.03 bits per heavy atom. The van der Waals surface area contributed by atoms with Gasteiger partial charge in [-0.3, -0.25) is 9.59 Å². The lowest BCUT2D eigenvalue weighted by Gasteiger charge is -2.11. The van der Waals surface area contributed by atoms with Gasteiger partial charge in [0.1, 0.15) is 12.9 Å². The first-order chi connectivity index (χ1) is 14.5. The van der Waals surface area contributed by atoms with Crippen LogP contribution in [0.4, 0.5) is 5.69 Å². The van der Waals surface area contributed by atoms with E-state index in [0.717, 1.165) is 11.1 Å². The Balaban J connectivity index is 1.53. The van der Waals surface area contributed by atoms with Gasteiger partial charge in [0.15, 0.2) is 6.61 Å². The molecular weight excluding hydrogens is 388 g/mol. The van der Waals surface area contributed by atoms with Crippen LogP contribution in [-0.2, 0) is 27.4 Å². The predicted octanol–water partition coefficient (Wildman–Crippen LogP) is 1.09. The van der Waals surface area contributed by atoms with E-state index < -0.39 is 24.4 Å². The average Bonchev–Trinajstić information content (AvgIpc) is 3.24. The number of aromatic nitrogens is 4. The zero-order valence-electron chi connectivity index (χ0n) is 16.2. The maximum absolute atomic E-state index is 12.4. The highest BCUT2D eigenvalue weighted by Crippen LogP contribution is 2.16. The van der Waals surface area contributed by atoms with Crippen molar-refractivity contribution in [2.75, 3.05) is 11.9 Å². The monoisotopic (exact) mass is 408 g/mol. The van der Waals surface area contributed by atoms with E-state index in [0.29, 0.717) is 6.54 Å². The molecule has 0 bridgehead atoms. The minimum atomic E-state index is -0.723. The largest absolute Gasteiger partial charge is 0.452 e. The van der Waals surface area contributed by atoms with Crippen molar-refractivity contribution in [2.45, 2.75) is 20.0 Å². The van der Waals surface area contributed by atoms with Crippen molar-refractivity contribution in [1.82, 2.24) is 25.5 Å². The van der Waals surface area contributed by atoms with Crippen molar-refractivity contribution >= 4 is 23.5 Å². The van der Waals surface area contributed by atoms with Gasteiger partial charge in [0.2, 0.25) is 5.91 Å². The molecule has 0 unspecified atom stereocenters. The first kappa shape index (κ1) is 20.6. The number of hydrogen-bond donors (Lipinski definition) is 2. The molecule has 0 aliphatic carbocycles. The van der Waals surface area contributed by atoms with Crippen molar-refractivity contribution in [1.29, 1.82) is 0 Å². The van der Waals surface area contributed by atoms with Crippen LogP contribution in [0.2, 0.25) is 0 Å². The molecule has 0 saturated heterocycles. The van der Waals surface area contributed by atoms with E-state index >= 15 is 0 Å². The topological polar surface area (TPSA) is 128 Å². The van der Waals surface area contributed by atoms with Crippen LogP contribution in [0.3, 0.4) is 0 Å². The number of ether oxygens (including phenoxy) is 1. The zero-order chi connectivity index (χ0) is 21.3. The molecule has 0 fully saturated rings. The number of hydrogen-bond acceptors (Lipinski definition) is 7. The number of amides is 2. The number of anilines is 1. The van der Waals surface area contributed by atoms with Crippen molar-refractivity contribution < 1.29 is 19.1 Å². The van der Waals surface area contributed by atoms with Gasteiger partial charge in [0.25, 0.3) is 5.91 Å². The van der Waals surface area contributed by atoms with E-state index in [2.05, 4.69) is 26.2 Å². The molecule has 30 heavy (non-hydrogen) atoms. The summed E-state index contributed by atoms with van der Waals surface area (Å²) in [6, 6.07) is 14.0. The molecule has 0 aliphatic rings. The second kappa shape index (κ2) is 9.92. The molecular formula is C20H20N6O4. The summed E-state index contributed by atoms with van der Waals surface area (Å²) in [5, 5.41) is 15.8. The van der Waals surface area contributed by atoms with Crippen LogP contribution in [0, 0.1) is 6.92 Å². The van der Waals surface area contributed by atoms with E-state index in [1.807, 2.05) is 31.2 Å². The summed E-state index contributed by atoms with van der Waals surface area (Å²) in [6.07, 6.45) is 1.30. The van der Waals surface area contributed by atoms with Crippen molar-refractivity contribution in [3.05, 3.63) is 71.5 Å². The molecule has 154 valence electrons. The van der Waals surface area contributed by atoms with Gasteiger partial charge in [0, 0.05) is 6.54 Å². The third kappa shape index (κ3) is 5.71. The third-order valence-corrected chi connectivity index (χ3v) is 4.19. The van der Waals surface area contributed by atoms with Crippen LogP contribution >= 0.6 is 0 Å². The molecule has 0 atom stereocenters. The Kier molecular flexibility index (Phi) is 6.83. The van der Waals surface area contributed by atoms with Gasteiger partial charge >= 0.3 is 5.97 Å². The first-order valence-electron chi connectivity index (χ1n) is 9.11. The summed E-state index contributed by atoms with van der Waals surface area (Å²) in [7, 11) is 0. The SMILES string of the molecule is Cc1ccccc1CNC(=O)COC(=O)c1ccccc1NC(=O)Cn1cnnn1. The minimum Gasteiger partial charge on any atom is -0.452 e. The lowest BCUT2D eigenvalue weighted by Crippen LogP contribution is -2.29. The number of tetrazole rings is 1. The third-order valence-electron chi connectivity index (χ3n) is 4.19. The van der Waals surface area contributed by atoms with Crippen LogP contribution in [0.1, 0.15) is 21.5 Å². The maximum atomic E-state index is 12.4. The number of para-hydroxylation sites is 1. The van der Waals surface area contributed by atoms with Gasteiger partial charge in [-0.25, -0.2) is 9.48 Å². The fourth-order valence-electron chi connectivity index (χ4n) is 2.62. The fourth-order valence-corrected chi connectivity index (χ4v) is 2.62. The molecule has 2 amide bonds. The normalized spacial score (nSPS) is 10.3. The highest BCUT2D eigenvalue weighted by atomic mass is 16.5. The number of rotatable bonds is 8. The van der Waals surface area contributed by atoms with Gasteiger partial charge in [0.05, 0.1) is 11.3 Å². The van der Waals surface area contributed by atoms with Crippen LogP contribution in [0.25, 0.3) is 0 Å². The lowest BCUT2D eigenvalue weighted by molar-refractivity contribution is -0.124. The Hall–Kier alpha value is -4.08. The number of carbonyl (C=O) groups excluding carboxylic acids is 3. The van der Waals surface area contributed by atoms with Gasteiger partial charge in [-0.1, -0.05) is 36.4 Å². The summed E-state index contributed by atoms with van der Waals surface area (Å²) in [5.74, 6) is -1.57.